The standard InChI is InChI=1S/C25H32N4O5S2/c1-16(2)14-29(15-22(30)21(28-25(31)32)12-17-6-4-3-5-7-17)36(33,34)19-10-11-20-23(13-19)35-24(27-20)26-18-8-9-18/h3-7,10-11,13,16,18,21-22,28,30H,8-9,12,14-15H2,1-2H3,(H,26,27)(H,31,32)/t21?,22-/m1/s1. The van der Waals surface area contributed by atoms with Crippen LogP contribution < -0.4 is 10.6 Å². The fourth-order valence-electron chi connectivity index (χ4n) is 4.00. The number of nitrogens with one attached hydrogen (secondary N) is 2. The van der Waals surface area contributed by atoms with Gasteiger partial charge in [-0.25, -0.2) is 18.2 Å². The molecule has 1 saturated carbocycles. The highest BCUT2D eigenvalue weighted by Crippen LogP contribution is 2.32. The summed E-state index contributed by atoms with van der Waals surface area (Å²) >= 11 is 1.42. The number of fused-ring (bicyclic) bond motifs is 1. The lowest BCUT2D eigenvalue weighted by molar-refractivity contribution is 0.0980. The van der Waals surface area contributed by atoms with Crippen molar-refractivity contribution < 1.29 is 23.4 Å². The number of thiazole rings is 1. The first-order valence-electron chi connectivity index (χ1n) is 12.0. The predicted molar refractivity (Wildman–Crippen MR) is 141 cm³/mol. The first kappa shape index (κ1) is 26.3. The van der Waals surface area contributed by atoms with Crippen molar-refractivity contribution in [3.8, 4) is 0 Å². The normalized spacial score (nSPS) is 15.8. The maximum atomic E-state index is 13.7. The molecular formula is C25H32N4O5S2. The third-order valence-corrected chi connectivity index (χ3v) is 8.71. The number of hydrogen-bond acceptors (Lipinski definition) is 7. The summed E-state index contributed by atoms with van der Waals surface area (Å²) in [4.78, 5) is 16.1. The maximum Gasteiger partial charge on any atom is 0.404 e. The van der Waals surface area contributed by atoms with Crippen molar-refractivity contribution in [2.75, 3.05) is 18.4 Å². The van der Waals surface area contributed by atoms with Gasteiger partial charge in [0.2, 0.25) is 10.0 Å². The van der Waals surface area contributed by atoms with Crippen molar-refractivity contribution in [3.63, 3.8) is 0 Å². The van der Waals surface area contributed by atoms with Gasteiger partial charge in [0, 0.05) is 19.1 Å². The smallest absolute Gasteiger partial charge is 0.404 e. The Balaban J connectivity index is 1.57. The molecule has 0 bridgehead atoms. The molecule has 11 heteroatoms. The van der Waals surface area contributed by atoms with Gasteiger partial charge >= 0.3 is 6.09 Å². The van der Waals surface area contributed by atoms with Gasteiger partial charge in [-0.2, -0.15) is 4.31 Å². The summed E-state index contributed by atoms with van der Waals surface area (Å²) < 4.78 is 29.4. The lowest BCUT2D eigenvalue weighted by Gasteiger charge is -2.30. The Morgan fingerprint density at radius 1 is 1.17 bits per heavy atom. The van der Waals surface area contributed by atoms with Crippen LogP contribution in [-0.4, -0.2) is 65.3 Å². The third-order valence-electron chi connectivity index (χ3n) is 5.93. The maximum absolute atomic E-state index is 13.7. The molecule has 3 aromatic rings. The van der Waals surface area contributed by atoms with Gasteiger partial charge in [-0.05, 0) is 48.9 Å². The summed E-state index contributed by atoms with van der Waals surface area (Å²) in [5.74, 6) is -0.00605. The molecule has 0 radical (unpaired) electrons. The van der Waals surface area contributed by atoms with E-state index < -0.39 is 28.3 Å². The van der Waals surface area contributed by atoms with Crippen LogP contribution in [0.3, 0.4) is 0 Å². The fourth-order valence-corrected chi connectivity index (χ4v) is 6.71. The lowest BCUT2D eigenvalue weighted by Crippen LogP contribution is -2.50. The molecular weight excluding hydrogens is 500 g/mol. The molecule has 36 heavy (non-hydrogen) atoms. The molecule has 2 atom stereocenters. The van der Waals surface area contributed by atoms with Gasteiger partial charge in [0.1, 0.15) is 0 Å². The number of rotatable bonds is 12. The van der Waals surface area contributed by atoms with E-state index in [2.05, 4.69) is 15.6 Å². The van der Waals surface area contributed by atoms with Crippen LogP contribution in [0.25, 0.3) is 10.2 Å². The molecule has 1 unspecified atom stereocenters. The number of amides is 1. The molecule has 0 saturated heterocycles. The van der Waals surface area contributed by atoms with E-state index >= 15 is 0 Å². The van der Waals surface area contributed by atoms with Gasteiger partial charge in [-0.15, -0.1) is 0 Å². The van der Waals surface area contributed by atoms with Crippen LogP contribution in [0.4, 0.5) is 9.93 Å². The van der Waals surface area contributed by atoms with Crippen molar-refractivity contribution in [3.05, 3.63) is 54.1 Å². The summed E-state index contributed by atoms with van der Waals surface area (Å²) in [7, 11) is -3.96. The van der Waals surface area contributed by atoms with Crippen molar-refractivity contribution in [1.82, 2.24) is 14.6 Å². The zero-order chi connectivity index (χ0) is 25.9. The molecule has 4 N–H and O–H groups in total. The van der Waals surface area contributed by atoms with Gasteiger partial charge in [0.05, 0.1) is 27.3 Å². The first-order chi connectivity index (χ1) is 17.1. The van der Waals surface area contributed by atoms with Crippen molar-refractivity contribution in [1.29, 1.82) is 0 Å². The fraction of sp³-hybridized carbons (Fsp3) is 0.440. The van der Waals surface area contributed by atoms with E-state index in [0.29, 0.717) is 6.04 Å². The van der Waals surface area contributed by atoms with Crippen LogP contribution in [0.5, 0.6) is 0 Å². The molecule has 2 aromatic carbocycles. The Morgan fingerprint density at radius 3 is 2.53 bits per heavy atom. The number of aliphatic hydroxyl groups excluding tert-OH is 1. The molecule has 1 aromatic heterocycles. The number of sulfonamides is 1. The van der Waals surface area contributed by atoms with E-state index in [4.69, 9.17) is 0 Å². The summed E-state index contributed by atoms with van der Waals surface area (Å²) in [5, 5.41) is 26.8. The topological polar surface area (TPSA) is 132 Å². The number of carbonyl (C=O) groups is 1. The minimum absolute atomic E-state index is 0.00605. The van der Waals surface area contributed by atoms with Gasteiger partial charge in [0.15, 0.2) is 5.13 Å². The van der Waals surface area contributed by atoms with Gasteiger partial charge < -0.3 is 20.8 Å². The van der Waals surface area contributed by atoms with E-state index in [1.165, 1.54) is 21.7 Å². The highest BCUT2D eigenvalue weighted by atomic mass is 32.2. The Kier molecular flexibility index (Phi) is 8.13. The monoisotopic (exact) mass is 532 g/mol. The quantitative estimate of drug-likeness (QED) is 0.279. The van der Waals surface area contributed by atoms with Crippen LogP contribution in [0.2, 0.25) is 0 Å². The predicted octanol–water partition coefficient (Wildman–Crippen LogP) is 3.76. The Hall–Kier alpha value is -2.73. The second kappa shape index (κ2) is 11.1. The van der Waals surface area contributed by atoms with E-state index in [9.17, 15) is 23.4 Å². The highest BCUT2D eigenvalue weighted by molar-refractivity contribution is 7.89. The SMILES string of the molecule is CC(C)CN(C[C@@H](O)C(Cc1ccccc1)NC(=O)O)S(=O)(=O)c1ccc2nc(NC3CC3)sc2c1. The number of nitrogens with zero attached hydrogens (tertiary/aromatic N) is 2. The summed E-state index contributed by atoms with van der Waals surface area (Å²) in [6, 6.07) is 13.6. The molecule has 1 aliphatic rings. The molecule has 1 heterocycles. The number of carboxylic acid groups (broad SMARTS) is 1. The van der Waals surface area contributed by atoms with Gasteiger partial charge in [-0.1, -0.05) is 55.5 Å². The number of anilines is 1. The van der Waals surface area contributed by atoms with Gasteiger partial charge in [0.25, 0.3) is 0 Å². The third kappa shape index (κ3) is 6.73. The number of aliphatic hydroxyl groups is 1. The molecule has 0 spiro atoms. The Morgan fingerprint density at radius 2 is 1.89 bits per heavy atom. The minimum atomic E-state index is -3.96. The molecule has 1 aliphatic carbocycles. The Bertz CT molecular complexity index is 1290. The first-order valence-corrected chi connectivity index (χ1v) is 14.3. The summed E-state index contributed by atoms with van der Waals surface area (Å²) in [6.45, 7) is 3.73. The zero-order valence-corrected chi connectivity index (χ0v) is 21.9. The van der Waals surface area contributed by atoms with Crippen LogP contribution in [0.15, 0.2) is 53.4 Å². The van der Waals surface area contributed by atoms with Crippen molar-refractivity contribution in [2.45, 2.75) is 56.2 Å². The minimum Gasteiger partial charge on any atom is -0.465 e. The van der Waals surface area contributed by atoms with E-state index in [1.54, 1.807) is 12.1 Å². The van der Waals surface area contributed by atoms with Crippen LogP contribution in [-0.2, 0) is 16.4 Å². The zero-order valence-electron chi connectivity index (χ0n) is 20.3. The molecule has 9 nitrogen and oxygen atoms in total. The van der Waals surface area contributed by atoms with E-state index in [1.807, 2.05) is 44.2 Å². The lowest BCUT2D eigenvalue weighted by atomic mass is 10.0. The molecule has 1 fully saturated rings. The molecule has 0 aliphatic heterocycles. The molecule has 1 amide bonds. The van der Waals surface area contributed by atoms with E-state index in [-0.39, 0.29) is 30.3 Å². The largest absolute Gasteiger partial charge is 0.465 e. The molecule has 194 valence electrons. The highest BCUT2D eigenvalue weighted by Gasteiger charge is 2.32. The van der Waals surface area contributed by atoms with Gasteiger partial charge in [-0.3, -0.25) is 0 Å². The van der Waals surface area contributed by atoms with Crippen LogP contribution >= 0.6 is 11.3 Å². The second-order valence-electron chi connectivity index (χ2n) is 9.60. The van der Waals surface area contributed by atoms with Crippen molar-refractivity contribution >= 4 is 42.8 Å². The number of aromatic nitrogens is 1. The van der Waals surface area contributed by atoms with Crippen molar-refractivity contribution in [2.24, 2.45) is 5.92 Å². The van der Waals surface area contributed by atoms with Crippen LogP contribution in [0.1, 0.15) is 32.3 Å². The van der Waals surface area contributed by atoms with Crippen LogP contribution in [0, 0.1) is 5.92 Å². The average molecular weight is 533 g/mol. The number of hydrogen-bond donors (Lipinski definition) is 4. The molecule has 4 rings (SSSR count). The summed E-state index contributed by atoms with van der Waals surface area (Å²) in [5.41, 5.74) is 1.56. The van der Waals surface area contributed by atoms with E-state index in [0.717, 1.165) is 33.8 Å². The Labute approximate surface area is 215 Å². The average Bonchev–Trinajstić information content (AvgIpc) is 3.53. The summed E-state index contributed by atoms with van der Waals surface area (Å²) in [6.07, 6.45) is -0.0718. The number of benzene rings is 2. The second-order valence-corrected chi connectivity index (χ2v) is 12.6.